The molecule has 0 saturated heterocycles. The van der Waals surface area contributed by atoms with Gasteiger partial charge in [-0.15, -0.1) is 0 Å². The number of phenolic OH excluding ortho intramolecular Hbond substituents is 2. The van der Waals surface area contributed by atoms with Crippen LogP contribution in [-0.4, -0.2) is 41.5 Å². The molecule has 2 aromatic carbocycles. The molecule has 0 bridgehead atoms. The van der Waals surface area contributed by atoms with Gasteiger partial charge in [-0.1, -0.05) is 31.9 Å². The molecule has 2 N–H and O–H groups in total. The van der Waals surface area contributed by atoms with Crippen molar-refractivity contribution in [2.24, 2.45) is 9.98 Å². The van der Waals surface area contributed by atoms with Crippen molar-refractivity contribution in [2.45, 2.75) is 0 Å². The summed E-state index contributed by atoms with van der Waals surface area (Å²) in [6.07, 6.45) is 2.89. The van der Waals surface area contributed by atoms with Crippen LogP contribution in [0.1, 0.15) is 11.1 Å². The van der Waals surface area contributed by atoms with E-state index in [2.05, 4.69) is 41.8 Å². The van der Waals surface area contributed by atoms with Crippen LogP contribution in [0.25, 0.3) is 0 Å². The highest BCUT2D eigenvalue weighted by Gasteiger charge is 2.02. The van der Waals surface area contributed by atoms with Crippen molar-refractivity contribution in [1.82, 2.24) is 0 Å². The Bertz CT molecular complexity index is 739. The van der Waals surface area contributed by atoms with Crippen molar-refractivity contribution in [3.05, 3.63) is 56.5 Å². The number of hydrogen-bond acceptors (Lipinski definition) is 5. The maximum atomic E-state index is 11.8. The third kappa shape index (κ3) is 5.58. The number of nitrogens with zero attached hydrogens (tertiary/aromatic N) is 2. The summed E-state index contributed by atoms with van der Waals surface area (Å²) in [5.74, 6) is 0.0153. The lowest BCUT2D eigenvalue weighted by molar-refractivity contribution is -0.116. The van der Waals surface area contributed by atoms with Gasteiger partial charge in [0.1, 0.15) is 11.5 Å². The molecule has 0 aromatic heterocycles. The number of hydrogen-bond donors (Lipinski definition) is 2. The van der Waals surface area contributed by atoms with Crippen molar-refractivity contribution >= 4 is 50.1 Å². The Morgan fingerprint density at radius 2 is 1.29 bits per heavy atom. The van der Waals surface area contributed by atoms with Crippen LogP contribution in [-0.2, 0) is 4.79 Å². The lowest BCUT2D eigenvalue weighted by Gasteiger charge is -1.99. The van der Waals surface area contributed by atoms with Crippen molar-refractivity contribution in [2.75, 3.05) is 13.1 Å². The predicted molar refractivity (Wildman–Crippen MR) is 102 cm³/mol. The number of ketones is 1. The van der Waals surface area contributed by atoms with Crippen LogP contribution in [0.5, 0.6) is 11.5 Å². The molecule has 5 nitrogen and oxygen atoms in total. The summed E-state index contributed by atoms with van der Waals surface area (Å²) < 4.78 is 1.62. The largest absolute Gasteiger partial charge is 0.507 e. The zero-order chi connectivity index (χ0) is 17.5. The van der Waals surface area contributed by atoms with Gasteiger partial charge in [-0.3, -0.25) is 14.8 Å². The van der Waals surface area contributed by atoms with E-state index in [1.807, 2.05) is 0 Å². The highest BCUT2D eigenvalue weighted by molar-refractivity contribution is 9.10. The second kappa shape index (κ2) is 8.75. The summed E-state index contributed by atoms with van der Waals surface area (Å²) in [5, 5.41) is 19.3. The predicted octanol–water partition coefficient (Wildman–Crippen LogP) is 3.73. The van der Waals surface area contributed by atoms with Gasteiger partial charge in [0.2, 0.25) is 0 Å². The number of aliphatic imine (C=N–C) groups is 2. The maximum absolute atomic E-state index is 11.8. The highest BCUT2D eigenvalue weighted by Crippen LogP contribution is 2.20. The summed E-state index contributed by atoms with van der Waals surface area (Å²) in [4.78, 5) is 19.8. The van der Waals surface area contributed by atoms with Crippen LogP contribution in [0.3, 0.4) is 0 Å². The number of phenols is 2. The Balaban J connectivity index is 1.89. The lowest BCUT2D eigenvalue weighted by Crippen LogP contribution is -2.07. The molecule has 0 unspecified atom stereocenters. The number of Topliss-reactive ketones (excluding diaryl/α,β-unsaturated/α-hetero) is 1. The molecule has 0 aliphatic rings. The molecule has 24 heavy (non-hydrogen) atoms. The van der Waals surface area contributed by atoms with Crippen molar-refractivity contribution in [3.63, 3.8) is 0 Å². The van der Waals surface area contributed by atoms with E-state index in [-0.39, 0.29) is 30.4 Å². The standard InChI is InChI=1S/C17H14Br2N2O3/c18-13-1-3-16(23)11(5-13)7-20-9-15(22)10-21-8-12-6-14(19)2-4-17(12)24/h1-8,23-24H,9-10H2. The monoisotopic (exact) mass is 452 g/mol. The molecule has 2 rings (SSSR count). The van der Waals surface area contributed by atoms with Crippen LogP contribution >= 0.6 is 31.9 Å². The van der Waals surface area contributed by atoms with Crippen LogP contribution < -0.4 is 0 Å². The smallest absolute Gasteiger partial charge is 0.175 e. The Morgan fingerprint density at radius 3 is 1.71 bits per heavy atom. The highest BCUT2D eigenvalue weighted by atomic mass is 79.9. The summed E-state index contributed by atoms with van der Waals surface area (Å²) in [7, 11) is 0. The van der Waals surface area contributed by atoms with Gasteiger partial charge in [-0.05, 0) is 36.4 Å². The molecule has 0 radical (unpaired) electrons. The zero-order valence-electron chi connectivity index (χ0n) is 12.5. The van der Waals surface area contributed by atoms with E-state index in [0.717, 1.165) is 8.95 Å². The first-order valence-electron chi connectivity index (χ1n) is 6.94. The fraction of sp³-hybridized carbons (Fsp3) is 0.118. The average Bonchev–Trinajstić information content (AvgIpc) is 2.54. The molecular weight excluding hydrogens is 440 g/mol. The minimum Gasteiger partial charge on any atom is -0.507 e. The third-order valence-corrected chi connectivity index (χ3v) is 3.96. The quantitative estimate of drug-likeness (QED) is 0.653. The first-order chi connectivity index (χ1) is 11.5. The van der Waals surface area contributed by atoms with E-state index in [0.29, 0.717) is 11.1 Å². The van der Waals surface area contributed by atoms with Gasteiger partial charge in [-0.2, -0.15) is 0 Å². The van der Waals surface area contributed by atoms with Crippen LogP contribution in [0.15, 0.2) is 55.3 Å². The van der Waals surface area contributed by atoms with Gasteiger partial charge >= 0.3 is 0 Å². The first-order valence-corrected chi connectivity index (χ1v) is 8.52. The van der Waals surface area contributed by atoms with E-state index < -0.39 is 0 Å². The molecule has 0 saturated carbocycles. The van der Waals surface area contributed by atoms with Gasteiger partial charge in [0.15, 0.2) is 5.78 Å². The Hall–Kier alpha value is -1.99. The van der Waals surface area contributed by atoms with Gasteiger partial charge in [0.05, 0.1) is 13.1 Å². The van der Waals surface area contributed by atoms with Crippen LogP contribution in [0.4, 0.5) is 0 Å². The Morgan fingerprint density at radius 1 is 0.875 bits per heavy atom. The normalized spacial score (nSPS) is 11.4. The average molecular weight is 454 g/mol. The van der Waals surface area contributed by atoms with Gasteiger partial charge in [-0.25, -0.2) is 0 Å². The van der Waals surface area contributed by atoms with Gasteiger partial charge < -0.3 is 10.2 Å². The van der Waals surface area contributed by atoms with Crippen LogP contribution in [0, 0.1) is 0 Å². The number of aromatic hydroxyl groups is 2. The lowest BCUT2D eigenvalue weighted by atomic mass is 10.2. The van der Waals surface area contributed by atoms with Crippen molar-refractivity contribution in [1.29, 1.82) is 0 Å². The summed E-state index contributed by atoms with van der Waals surface area (Å²) in [5.41, 5.74) is 1.06. The molecule has 0 atom stereocenters. The number of carbonyl (C=O) groups is 1. The van der Waals surface area contributed by atoms with E-state index >= 15 is 0 Å². The van der Waals surface area contributed by atoms with E-state index in [1.165, 1.54) is 12.4 Å². The van der Waals surface area contributed by atoms with Gasteiger partial charge in [0.25, 0.3) is 0 Å². The Labute approximate surface area is 156 Å². The topological polar surface area (TPSA) is 82.2 Å². The summed E-state index contributed by atoms with van der Waals surface area (Å²) >= 11 is 6.60. The minimum atomic E-state index is -0.175. The maximum Gasteiger partial charge on any atom is 0.175 e. The zero-order valence-corrected chi connectivity index (χ0v) is 15.7. The molecule has 0 spiro atoms. The second-order valence-electron chi connectivity index (χ2n) is 4.88. The SMILES string of the molecule is O=C(CN=Cc1cc(Br)ccc1O)CN=Cc1cc(Br)ccc1O. The van der Waals surface area contributed by atoms with Crippen molar-refractivity contribution in [3.8, 4) is 11.5 Å². The molecule has 0 fully saturated rings. The third-order valence-electron chi connectivity index (χ3n) is 2.98. The molecule has 0 aliphatic heterocycles. The molecule has 0 amide bonds. The fourth-order valence-corrected chi connectivity index (χ4v) is 2.56. The number of rotatable bonds is 6. The van der Waals surface area contributed by atoms with Crippen LogP contribution in [0.2, 0.25) is 0 Å². The minimum absolute atomic E-state index is 0.0340. The molecule has 2 aromatic rings. The number of halogens is 2. The summed E-state index contributed by atoms with van der Waals surface area (Å²) in [6, 6.07) is 9.92. The number of carbonyl (C=O) groups excluding carboxylic acids is 1. The van der Waals surface area contributed by atoms with E-state index in [4.69, 9.17) is 0 Å². The summed E-state index contributed by atoms with van der Waals surface area (Å²) in [6.45, 7) is -0.0679. The second-order valence-corrected chi connectivity index (χ2v) is 6.72. The number of benzene rings is 2. The molecule has 7 heteroatoms. The Kier molecular flexibility index (Phi) is 6.69. The first kappa shape index (κ1) is 18.4. The van der Waals surface area contributed by atoms with Crippen molar-refractivity contribution < 1.29 is 15.0 Å². The molecule has 124 valence electrons. The fourth-order valence-electron chi connectivity index (χ4n) is 1.80. The molecular formula is C17H14Br2N2O3. The van der Waals surface area contributed by atoms with E-state index in [1.54, 1.807) is 36.4 Å². The van der Waals surface area contributed by atoms with E-state index in [9.17, 15) is 15.0 Å². The molecule has 0 heterocycles. The van der Waals surface area contributed by atoms with Gasteiger partial charge in [0, 0.05) is 32.5 Å². The molecule has 0 aliphatic carbocycles.